The minimum absolute atomic E-state index is 0.0513. The smallest absolute Gasteiger partial charge is 0.344 e. The first-order valence-electron chi connectivity index (χ1n) is 8.51. The summed E-state index contributed by atoms with van der Waals surface area (Å²) in [4.78, 5) is 11.8. The lowest BCUT2D eigenvalue weighted by atomic mass is 10.2. The Bertz CT molecular complexity index is 1070. The fraction of sp³-hybridized carbons (Fsp3) is 0.150. The highest BCUT2D eigenvalue weighted by Gasteiger charge is 2.22. The van der Waals surface area contributed by atoms with E-state index < -0.39 is 21.8 Å². The van der Waals surface area contributed by atoms with Gasteiger partial charge < -0.3 is 9.47 Å². The summed E-state index contributed by atoms with van der Waals surface area (Å²) in [5.74, 6) is -0.616. The van der Waals surface area contributed by atoms with Crippen LogP contribution in [0.25, 0.3) is 0 Å². The van der Waals surface area contributed by atoms with Crippen molar-refractivity contribution < 1.29 is 27.1 Å². The van der Waals surface area contributed by atoms with Gasteiger partial charge in [-0.25, -0.2) is 17.6 Å². The number of anilines is 1. The molecule has 29 heavy (non-hydrogen) atoms. The highest BCUT2D eigenvalue weighted by atomic mass is 32.2. The van der Waals surface area contributed by atoms with Crippen LogP contribution in [0.4, 0.5) is 10.1 Å². The number of nitrogens with zero attached hydrogens (tertiary/aromatic N) is 1. The average molecular weight is 435 g/mol. The molecule has 0 saturated heterocycles. The van der Waals surface area contributed by atoms with E-state index in [-0.39, 0.29) is 17.4 Å². The van der Waals surface area contributed by atoms with Crippen LogP contribution < -0.4 is 9.04 Å². The minimum atomic E-state index is -3.61. The van der Waals surface area contributed by atoms with Gasteiger partial charge in [0, 0.05) is 7.05 Å². The molecule has 0 N–H and O–H groups in total. The molecule has 2 aromatic carbocycles. The van der Waals surface area contributed by atoms with Gasteiger partial charge in [0.05, 0.1) is 5.69 Å². The Labute approximate surface area is 172 Å². The molecule has 0 aliphatic carbocycles. The van der Waals surface area contributed by atoms with Crippen molar-refractivity contribution in [3.8, 4) is 5.75 Å². The van der Waals surface area contributed by atoms with E-state index in [0.717, 1.165) is 11.3 Å². The monoisotopic (exact) mass is 435 g/mol. The number of hydrogen-bond acceptors (Lipinski definition) is 6. The summed E-state index contributed by atoms with van der Waals surface area (Å²) < 4.78 is 50.0. The Balaban J connectivity index is 1.53. The van der Waals surface area contributed by atoms with Gasteiger partial charge in [-0.05, 0) is 53.4 Å². The lowest BCUT2D eigenvalue weighted by Crippen LogP contribution is -2.25. The molecule has 0 radical (unpaired) electrons. The predicted octanol–water partition coefficient (Wildman–Crippen LogP) is 3.83. The SMILES string of the molecule is CN(c1ccc(OCC(=O)OCc2cccc(F)c2)cc1)S(=O)(=O)c1cccs1. The molecule has 0 amide bonds. The number of sulfonamides is 1. The number of carbonyl (C=O) groups excluding carboxylic acids is 1. The molecule has 0 atom stereocenters. The van der Waals surface area contributed by atoms with Crippen LogP contribution in [0, 0.1) is 5.82 Å². The highest BCUT2D eigenvalue weighted by molar-refractivity contribution is 7.94. The lowest BCUT2D eigenvalue weighted by Gasteiger charge is -2.18. The van der Waals surface area contributed by atoms with Crippen molar-refractivity contribution in [2.75, 3.05) is 18.0 Å². The first-order valence-corrected chi connectivity index (χ1v) is 10.8. The molecule has 0 saturated carbocycles. The molecule has 6 nitrogen and oxygen atoms in total. The van der Waals surface area contributed by atoms with Crippen molar-refractivity contribution in [1.82, 2.24) is 0 Å². The standard InChI is InChI=1S/C20H18FNO5S2/c1-22(29(24,25)20-6-3-11-28-20)17-7-9-18(10-8-17)26-14-19(23)27-13-15-4-2-5-16(21)12-15/h2-12H,13-14H2,1H3. The normalized spacial score (nSPS) is 11.1. The number of thiophene rings is 1. The van der Waals surface area contributed by atoms with Crippen LogP contribution in [0.1, 0.15) is 5.56 Å². The van der Waals surface area contributed by atoms with Gasteiger partial charge >= 0.3 is 5.97 Å². The molecule has 0 aliphatic rings. The zero-order valence-electron chi connectivity index (χ0n) is 15.4. The second kappa shape index (κ2) is 9.06. The first-order chi connectivity index (χ1) is 13.9. The third-order valence-electron chi connectivity index (χ3n) is 3.96. The van der Waals surface area contributed by atoms with E-state index in [0.29, 0.717) is 17.0 Å². The molecule has 0 bridgehead atoms. The molecule has 0 fully saturated rings. The van der Waals surface area contributed by atoms with E-state index in [4.69, 9.17) is 9.47 Å². The Hall–Kier alpha value is -2.91. The van der Waals surface area contributed by atoms with Gasteiger partial charge in [-0.15, -0.1) is 11.3 Å². The van der Waals surface area contributed by atoms with Crippen LogP contribution in [0.5, 0.6) is 5.75 Å². The Morgan fingerprint density at radius 1 is 1.10 bits per heavy atom. The number of esters is 1. The lowest BCUT2D eigenvalue weighted by molar-refractivity contribution is -0.147. The number of carbonyl (C=O) groups is 1. The van der Waals surface area contributed by atoms with Gasteiger partial charge in [-0.1, -0.05) is 18.2 Å². The van der Waals surface area contributed by atoms with Crippen LogP contribution in [0.15, 0.2) is 70.3 Å². The van der Waals surface area contributed by atoms with Crippen LogP contribution in [-0.2, 0) is 26.2 Å². The van der Waals surface area contributed by atoms with Gasteiger partial charge in [0.15, 0.2) is 6.61 Å². The third kappa shape index (κ3) is 5.33. The van der Waals surface area contributed by atoms with Crippen LogP contribution in [0.2, 0.25) is 0 Å². The number of benzene rings is 2. The van der Waals surface area contributed by atoms with Crippen molar-refractivity contribution >= 4 is 33.0 Å². The number of ether oxygens (including phenoxy) is 2. The van der Waals surface area contributed by atoms with E-state index in [1.807, 2.05) is 0 Å². The number of hydrogen-bond donors (Lipinski definition) is 0. The van der Waals surface area contributed by atoms with Gasteiger partial charge in [0.1, 0.15) is 22.4 Å². The summed E-state index contributed by atoms with van der Waals surface area (Å²) in [6.07, 6.45) is 0. The van der Waals surface area contributed by atoms with Crippen molar-refractivity contribution in [2.45, 2.75) is 10.8 Å². The van der Waals surface area contributed by atoms with Crippen LogP contribution in [-0.4, -0.2) is 28.0 Å². The van der Waals surface area contributed by atoms with Crippen molar-refractivity contribution in [3.05, 3.63) is 77.4 Å². The summed E-state index contributed by atoms with van der Waals surface area (Å²) in [6.45, 7) is -0.373. The van der Waals surface area contributed by atoms with Gasteiger partial charge in [-0.2, -0.15) is 0 Å². The molecule has 0 aliphatic heterocycles. The van der Waals surface area contributed by atoms with E-state index in [1.165, 1.54) is 29.6 Å². The number of halogens is 1. The molecular formula is C20H18FNO5S2. The van der Waals surface area contributed by atoms with E-state index in [2.05, 4.69) is 0 Å². The largest absolute Gasteiger partial charge is 0.482 e. The molecule has 3 aromatic rings. The van der Waals surface area contributed by atoms with Gasteiger partial charge in [0.25, 0.3) is 10.0 Å². The van der Waals surface area contributed by atoms with E-state index in [9.17, 15) is 17.6 Å². The zero-order valence-corrected chi connectivity index (χ0v) is 17.1. The number of rotatable bonds is 8. The summed E-state index contributed by atoms with van der Waals surface area (Å²) >= 11 is 1.14. The van der Waals surface area contributed by atoms with Crippen LogP contribution in [0.3, 0.4) is 0 Å². The minimum Gasteiger partial charge on any atom is -0.482 e. The molecule has 0 unspecified atom stereocenters. The second-order valence-corrected chi connectivity index (χ2v) is 9.12. The third-order valence-corrected chi connectivity index (χ3v) is 7.11. The molecular weight excluding hydrogens is 417 g/mol. The predicted molar refractivity (Wildman–Crippen MR) is 108 cm³/mol. The molecule has 152 valence electrons. The maximum atomic E-state index is 13.1. The maximum Gasteiger partial charge on any atom is 0.344 e. The summed E-state index contributed by atoms with van der Waals surface area (Å²) in [5, 5.41) is 1.70. The quantitative estimate of drug-likeness (QED) is 0.503. The summed E-state index contributed by atoms with van der Waals surface area (Å²) in [7, 11) is -2.15. The first kappa shape index (κ1) is 20.8. The topological polar surface area (TPSA) is 72.9 Å². The van der Waals surface area contributed by atoms with Crippen molar-refractivity contribution in [1.29, 1.82) is 0 Å². The maximum absolute atomic E-state index is 13.1. The summed E-state index contributed by atoms with van der Waals surface area (Å²) in [5.41, 5.74) is 0.997. The van der Waals surface area contributed by atoms with E-state index >= 15 is 0 Å². The molecule has 9 heteroatoms. The Kier molecular flexibility index (Phi) is 6.50. The second-order valence-electron chi connectivity index (χ2n) is 5.98. The van der Waals surface area contributed by atoms with Crippen molar-refractivity contribution in [3.63, 3.8) is 0 Å². The molecule has 1 aromatic heterocycles. The summed E-state index contributed by atoms with van der Waals surface area (Å²) in [6, 6.07) is 15.3. The van der Waals surface area contributed by atoms with E-state index in [1.54, 1.807) is 47.8 Å². The van der Waals surface area contributed by atoms with Gasteiger partial charge in [-0.3, -0.25) is 4.31 Å². The fourth-order valence-electron chi connectivity index (χ4n) is 2.41. The molecule has 3 rings (SSSR count). The molecule has 1 heterocycles. The average Bonchev–Trinajstić information content (AvgIpc) is 3.26. The van der Waals surface area contributed by atoms with Gasteiger partial charge in [0.2, 0.25) is 0 Å². The Morgan fingerprint density at radius 2 is 1.86 bits per heavy atom. The van der Waals surface area contributed by atoms with Crippen LogP contribution >= 0.6 is 11.3 Å². The molecule has 0 spiro atoms. The zero-order chi connectivity index (χ0) is 20.9. The Morgan fingerprint density at radius 3 is 2.52 bits per heavy atom. The fourth-order valence-corrected chi connectivity index (χ4v) is 4.77. The van der Waals surface area contributed by atoms with Crippen molar-refractivity contribution in [2.24, 2.45) is 0 Å². The highest BCUT2D eigenvalue weighted by Crippen LogP contribution is 2.26.